The second kappa shape index (κ2) is 5.88. The van der Waals surface area contributed by atoms with Crippen LogP contribution in [0.25, 0.3) is 5.65 Å². The molecule has 2 aromatic rings. The summed E-state index contributed by atoms with van der Waals surface area (Å²) in [7, 11) is 1.67. The first kappa shape index (κ1) is 16.2. The van der Waals surface area contributed by atoms with Gasteiger partial charge in [-0.3, -0.25) is 14.0 Å². The second-order valence-corrected chi connectivity index (χ2v) is 6.44. The number of nitrogens with two attached hydrogens (primary N) is 1. The number of hydrogen-bond donors (Lipinski definition) is 1. The van der Waals surface area contributed by atoms with Crippen molar-refractivity contribution in [2.24, 2.45) is 11.1 Å². The molecular formula is C16H22N4O2. The van der Waals surface area contributed by atoms with Crippen molar-refractivity contribution in [1.29, 1.82) is 0 Å². The number of nitrogens with zero attached hydrogens (tertiary/aromatic N) is 3. The maximum atomic E-state index is 12.5. The number of amides is 1. The highest BCUT2D eigenvalue weighted by atomic mass is 16.2. The summed E-state index contributed by atoms with van der Waals surface area (Å²) in [6, 6.07) is 3.61. The largest absolute Gasteiger partial charge is 0.341 e. The molecule has 0 bridgehead atoms. The summed E-state index contributed by atoms with van der Waals surface area (Å²) in [4.78, 5) is 30.7. The summed E-state index contributed by atoms with van der Waals surface area (Å²) < 4.78 is 1.39. The first-order valence-electron chi connectivity index (χ1n) is 7.19. The fourth-order valence-electron chi connectivity index (χ4n) is 2.31. The van der Waals surface area contributed by atoms with E-state index in [0.717, 1.165) is 5.56 Å². The van der Waals surface area contributed by atoms with Crippen molar-refractivity contribution in [1.82, 2.24) is 14.3 Å². The molecule has 0 spiro atoms. The summed E-state index contributed by atoms with van der Waals surface area (Å²) in [5.74, 6) is -0.339. The molecule has 2 heterocycles. The Morgan fingerprint density at radius 3 is 2.77 bits per heavy atom. The summed E-state index contributed by atoms with van der Waals surface area (Å²) in [5, 5.41) is 0. The molecule has 0 aliphatic heterocycles. The topological polar surface area (TPSA) is 80.7 Å². The van der Waals surface area contributed by atoms with Crippen LogP contribution in [0, 0.1) is 12.3 Å². The minimum Gasteiger partial charge on any atom is -0.341 e. The fourth-order valence-corrected chi connectivity index (χ4v) is 2.31. The molecule has 0 saturated carbocycles. The molecule has 6 heteroatoms. The van der Waals surface area contributed by atoms with Gasteiger partial charge in [-0.25, -0.2) is 4.98 Å². The minimum atomic E-state index is -0.354. The van der Waals surface area contributed by atoms with Gasteiger partial charge in [-0.2, -0.15) is 0 Å². The third-order valence-electron chi connectivity index (χ3n) is 3.66. The predicted molar refractivity (Wildman–Crippen MR) is 86.0 cm³/mol. The van der Waals surface area contributed by atoms with Gasteiger partial charge in [0, 0.05) is 26.0 Å². The van der Waals surface area contributed by atoms with E-state index in [0.29, 0.717) is 18.7 Å². The Labute approximate surface area is 129 Å². The first-order valence-corrected chi connectivity index (χ1v) is 7.19. The zero-order chi connectivity index (χ0) is 16.5. The Balaban J connectivity index is 2.38. The van der Waals surface area contributed by atoms with Gasteiger partial charge in [-0.05, 0) is 36.6 Å². The Kier molecular flexibility index (Phi) is 4.32. The van der Waals surface area contributed by atoms with Crippen molar-refractivity contribution in [3.63, 3.8) is 0 Å². The number of hydrogen-bond acceptors (Lipinski definition) is 4. The first-order chi connectivity index (χ1) is 10.2. The summed E-state index contributed by atoms with van der Waals surface area (Å²) in [6.07, 6.45) is 2.99. The standard InChI is InChI=1S/C16H22N4O2/c1-11-5-6-20-13(7-11)18-8-12(15(20)22)14(21)19(4)10-16(2,3)9-17/h5-8H,9-10,17H2,1-4H3. The Morgan fingerprint density at radius 1 is 1.45 bits per heavy atom. The van der Waals surface area contributed by atoms with Gasteiger partial charge in [-0.15, -0.1) is 0 Å². The number of carbonyl (C=O) groups excluding carboxylic acids is 1. The van der Waals surface area contributed by atoms with Crippen LogP contribution in [0.2, 0.25) is 0 Å². The zero-order valence-electron chi connectivity index (χ0n) is 13.5. The molecule has 0 atom stereocenters. The van der Waals surface area contributed by atoms with E-state index in [4.69, 9.17) is 5.73 Å². The lowest BCUT2D eigenvalue weighted by Crippen LogP contribution is -2.41. The van der Waals surface area contributed by atoms with Crippen LogP contribution in [0.3, 0.4) is 0 Å². The Hall–Kier alpha value is -2.21. The smallest absolute Gasteiger partial charge is 0.270 e. The minimum absolute atomic E-state index is 0.0664. The van der Waals surface area contributed by atoms with Gasteiger partial charge < -0.3 is 10.6 Å². The quantitative estimate of drug-likeness (QED) is 0.915. The fraction of sp³-hybridized carbons (Fsp3) is 0.438. The molecule has 0 aliphatic rings. The number of rotatable bonds is 4. The monoisotopic (exact) mass is 302 g/mol. The average Bonchev–Trinajstić information content (AvgIpc) is 2.46. The van der Waals surface area contributed by atoms with E-state index in [1.807, 2.05) is 26.8 Å². The molecule has 2 N–H and O–H groups in total. The van der Waals surface area contributed by atoms with Crippen LogP contribution < -0.4 is 11.3 Å². The maximum Gasteiger partial charge on any atom is 0.270 e. The Bertz CT molecular complexity index is 764. The van der Waals surface area contributed by atoms with Gasteiger partial charge in [-0.1, -0.05) is 13.8 Å². The normalized spacial score (nSPS) is 11.7. The van der Waals surface area contributed by atoms with Gasteiger partial charge in [0.1, 0.15) is 11.2 Å². The zero-order valence-corrected chi connectivity index (χ0v) is 13.5. The van der Waals surface area contributed by atoms with Crippen molar-refractivity contribution < 1.29 is 4.79 Å². The highest BCUT2D eigenvalue weighted by Gasteiger charge is 2.24. The van der Waals surface area contributed by atoms with Gasteiger partial charge in [0.15, 0.2) is 0 Å². The van der Waals surface area contributed by atoms with Crippen LogP contribution in [0.4, 0.5) is 0 Å². The van der Waals surface area contributed by atoms with E-state index in [2.05, 4.69) is 4.98 Å². The SMILES string of the molecule is Cc1ccn2c(=O)c(C(=O)N(C)CC(C)(C)CN)cnc2c1. The summed E-state index contributed by atoms with van der Waals surface area (Å²) >= 11 is 0. The van der Waals surface area contributed by atoms with Crippen LogP contribution in [-0.2, 0) is 0 Å². The van der Waals surface area contributed by atoms with E-state index >= 15 is 0 Å². The van der Waals surface area contributed by atoms with Gasteiger partial charge in [0.2, 0.25) is 0 Å². The number of aromatic nitrogens is 2. The van der Waals surface area contributed by atoms with E-state index in [9.17, 15) is 9.59 Å². The van der Waals surface area contributed by atoms with Crippen LogP contribution in [0.5, 0.6) is 0 Å². The molecule has 118 valence electrons. The highest BCUT2D eigenvalue weighted by molar-refractivity contribution is 5.93. The maximum absolute atomic E-state index is 12.5. The molecule has 22 heavy (non-hydrogen) atoms. The lowest BCUT2D eigenvalue weighted by molar-refractivity contribution is 0.0738. The summed E-state index contributed by atoms with van der Waals surface area (Å²) in [5.41, 5.74) is 6.74. The third-order valence-corrected chi connectivity index (χ3v) is 3.66. The van der Waals surface area contributed by atoms with E-state index in [1.54, 1.807) is 19.3 Å². The van der Waals surface area contributed by atoms with Gasteiger partial charge >= 0.3 is 0 Å². The van der Waals surface area contributed by atoms with Crippen LogP contribution in [0.15, 0.2) is 29.3 Å². The molecule has 1 amide bonds. The van der Waals surface area contributed by atoms with E-state index in [-0.39, 0.29) is 22.4 Å². The molecule has 0 unspecified atom stereocenters. The molecule has 0 aliphatic carbocycles. The van der Waals surface area contributed by atoms with Crippen molar-refractivity contribution in [2.75, 3.05) is 20.1 Å². The van der Waals surface area contributed by atoms with Crippen molar-refractivity contribution >= 4 is 11.6 Å². The lowest BCUT2D eigenvalue weighted by atomic mass is 9.93. The molecule has 0 fully saturated rings. The van der Waals surface area contributed by atoms with Crippen LogP contribution >= 0.6 is 0 Å². The van der Waals surface area contributed by atoms with E-state index < -0.39 is 0 Å². The average molecular weight is 302 g/mol. The number of pyridine rings is 1. The second-order valence-electron chi connectivity index (χ2n) is 6.44. The molecule has 2 aromatic heterocycles. The predicted octanol–water partition coefficient (Wildman–Crippen LogP) is 1.06. The lowest BCUT2D eigenvalue weighted by Gasteiger charge is -2.28. The molecule has 0 saturated heterocycles. The summed E-state index contributed by atoms with van der Waals surface area (Å²) in [6.45, 7) is 6.81. The molecule has 2 rings (SSSR count). The van der Waals surface area contributed by atoms with Crippen LogP contribution in [0.1, 0.15) is 29.8 Å². The Morgan fingerprint density at radius 2 is 2.14 bits per heavy atom. The van der Waals surface area contributed by atoms with Crippen molar-refractivity contribution in [3.05, 3.63) is 46.0 Å². The molecular weight excluding hydrogens is 280 g/mol. The molecule has 0 aromatic carbocycles. The number of carbonyl (C=O) groups is 1. The number of aryl methyl sites for hydroxylation is 1. The third kappa shape index (κ3) is 3.17. The molecule has 6 nitrogen and oxygen atoms in total. The molecule has 0 radical (unpaired) electrons. The van der Waals surface area contributed by atoms with E-state index in [1.165, 1.54) is 15.5 Å². The highest BCUT2D eigenvalue weighted by Crippen LogP contribution is 2.15. The van der Waals surface area contributed by atoms with Crippen molar-refractivity contribution in [2.45, 2.75) is 20.8 Å². The van der Waals surface area contributed by atoms with Crippen LogP contribution in [-0.4, -0.2) is 40.3 Å². The van der Waals surface area contributed by atoms with Crippen molar-refractivity contribution in [3.8, 4) is 0 Å². The van der Waals surface area contributed by atoms with Gasteiger partial charge in [0.25, 0.3) is 11.5 Å². The number of fused-ring (bicyclic) bond motifs is 1. The van der Waals surface area contributed by atoms with Gasteiger partial charge in [0.05, 0.1) is 0 Å².